The molecule has 2 aliphatic rings. The van der Waals surface area contributed by atoms with E-state index in [1.165, 1.54) is 0 Å². The minimum Gasteiger partial charge on any atom is -0.497 e. The summed E-state index contributed by atoms with van der Waals surface area (Å²) in [5, 5.41) is 7.26. The zero-order valence-corrected chi connectivity index (χ0v) is 19.8. The van der Waals surface area contributed by atoms with Crippen LogP contribution in [-0.4, -0.2) is 19.0 Å². The number of anilines is 2. The third kappa shape index (κ3) is 4.26. The monoisotopic (exact) mass is 454 g/mol. The van der Waals surface area contributed by atoms with Crippen LogP contribution in [-0.2, 0) is 4.79 Å². The van der Waals surface area contributed by atoms with Gasteiger partial charge in [-0.15, -0.1) is 0 Å². The molecule has 1 heterocycles. The molecule has 0 bridgehead atoms. The second-order valence-electron chi connectivity index (χ2n) is 9.15. The average molecular weight is 455 g/mol. The summed E-state index contributed by atoms with van der Waals surface area (Å²) < 4.78 is 11.5. The predicted octanol–water partition coefficient (Wildman–Crippen LogP) is 6.46. The minimum absolute atomic E-state index is 0.0345. The van der Waals surface area contributed by atoms with Crippen molar-refractivity contribution in [2.75, 3.05) is 17.7 Å². The van der Waals surface area contributed by atoms with E-state index < -0.39 is 0 Å². The highest BCUT2D eigenvalue weighted by Crippen LogP contribution is 2.45. The topological polar surface area (TPSA) is 59.6 Å². The quantitative estimate of drug-likeness (QED) is 0.463. The average Bonchev–Trinajstić information content (AvgIpc) is 3.01. The van der Waals surface area contributed by atoms with Crippen molar-refractivity contribution >= 4 is 17.2 Å². The second kappa shape index (κ2) is 9.26. The van der Waals surface area contributed by atoms with Gasteiger partial charge >= 0.3 is 0 Å². The van der Waals surface area contributed by atoms with E-state index in [4.69, 9.17) is 9.47 Å². The number of rotatable bonds is 5. The summed E-state index contributed by atoms with van der Waals surface area (Å²) in [5.74, 6) is 1.88. The van der Waals surface area contributed by atoms with Gasteiger partial charge in [0.2, 0.25) is 0 Å². The SMILES string of the molecule is COc1ccc([C@@H]2CC(=O)C3=C(C2)Nc2ccccc2N[C@@H]3c2ccccc2OC(C)C)cc1. The second-order valence-corrected chi connectivity index (χ2v) is 9.15. The number of fused-ring (bicyclic) bond motifs is 1. The van der Waals surface area contributed by atoms with E-state index in [0.29, 0.717) is 6.42 Å². The molecular formula is C29H30N2O3. The van der Waals surface area contributed by atoms with Crippen molar-refractivity contribution in [2.24, 2.45) is 0 Å². The van der Waals surface area contributed by atoms with Gasteiger partial charge in [-0.1, -0.05) is 42.5 Å². The molecule has 3 aromatic carbocycles. The third-order valence-corrected chi connectivity index (χ3v) is 6.49. The Balaban J connectivity index is 1.59. The first-order valence-corrected chi connectivity index (χ1v) is 11.8. The Kier molecular flexibility index (Phi) is 6.01. The first-order valence-electron chi connectivity index (χ1n) is 11.8. The van der Waals surface area contributed by atoms with Crippen LogP contribution in [0.15, 0.2) is 84.1 Å². The maximum absolute atomic E-state index is 13.8. The van der Waals surface area contributed by atoms with E-state index in [0.717, 1.165) is 51.7 Å². The Morgan fingerprint density at radius 3 is 2.32 bits per heavy atom. The number of para-hydroxylation sites is 3. The summed E-state index contributed by atoms with van der Waals surface area (Å²) in [5.41, 5.74) is 5.82. The number of hydrogen-bond acceptors (Lipinski definition) is 5. The highest BCUT2D eigenvalue weighted by molar-refractivity contribution is 6.01. The van der Waals surface area contributed by atoms with Gasteiger partial charge in [0.1, 0.15) is 11.5 Å². The van der Waals surface area contributed by atoms with Crippen molar-refractivity contribution in [3.8, 4) is 11.5 Å². The number of nitrogens with one attached hydrogen (secondary N) is 2. The molecule has 1 aliphatic carbocycles. The lowest BCUT2D eigenvalue weighted by Gasteiger charge is -2.30. The molecule has 2 N–H and O–H groups in total. The maximum Gasteiger partial charge on any atom is 0.163 e. The summed E-state index contributed by atoms with van der Waals surface area (Å²) in [6.07, 6.45) is 1.26. The lowest BCUT2D eigenvalue weighted by Crippen LogP contribution is -2.27. The number of Topliss-reactive ketones (excluding diaryl/α,β-unsaturated/α-hetero) is 1. The summed E-state index contributed by atoms with van der Waals surface area (Å²) in [6, 6.07) is 23.9. The van der Waals surface area contributed by atoms with Gasteiger partial charge in [0.15, 0.2) is 5.78 Å². The Hall–Kier alpha value is -3.73. The number of carbonyl (C=O) groups excluding carboxylic acids is 1. The van der Waals surface area contributed by atoms with Crippen LogP contribution in [0.3, 0.4) is 0 Å². The molecule has 0 aromatic heterocycles. The van der Waals surface area contributed by atoms with Gasteiger partial charge in [0.05, 0.1) is 30.6 Å². The Labute approximate surface area is 200 Å². The van der Waals surface area contributed by atoms with Gasteiger partial charge in [0, 0.05) is 23.3 Å². The summed E-state index contributed by atoms with van der Waals surface area (Å²) >= 11 is 0. The molecule has 0 radical (unpaired) electrons. The number of ketones is 1. The predicted molar refractivity (Wildman–Crippen MR) is 136 cm³/mol. The molecular weight excluding hydrogens is 424 g/mol. The number of hydrogen-bond donors (Lipinski definition) is 2. The molecule has 0 spiro atoms. The first kappa shape index (κ1) is 22.1. The molecule has 0 unspecified atom stereocenters. The molecule has 0 amide bonds. The first-order chi connectivity index (χ1) is 16.5. The van der Waals surface area contributed by atoms with Gasteiger partial charge in [0.25, 0.3) is 0 Å². The summed E-state index contributed by atoms with van der Waals surface area (Å²) in [4.78, 5) is 13.8. The molecule has 0 saturated carbocycles. The fourth-order valence-electron chi connectivity index (χ4n) is 4.92. The molecule has 0 fully saturated rings. The molecule has 5 nitrogen and oxygen atoms in total. The van der Waals surface area contributed by atoms with Crippen LogP contribution >= 0.6 is 0 Å². The molecule has 5 rings (SSSR count). The van der Waals surface area contributed by atoms with Crippen molar-refractivity contribution in [1.82, 2.24) is 0 Å². The lowest BCUT2D eigenvalue weighted by molar-refractivity contribution is -0.116. The minimum atomic E-state index is -0.301. The standard InChI is InChI=1S/C29H30N2O3/c1-18(2)34-27-11-7-4-8-22(27)29-28-25(30-23-9-5-6-10-24(23)31-29)16-20(17-26(28)32)19-12-14-21(33-3)15-13-19/h4-15,18,20,29-31H,16-17H2,1-3H3/t20-,29+/m0/s1. The maximum atomic E-state index is 13.8. The molecule has 0 saturated heterocycles. The van der Waals surface area contributed by atoms with Crippen molar-refractivity contribution < 1.29 is 14.3 Å². The van der Waals surface area contributed by atoms with E-state index >= 15 is 0 Å². The number of ether oxygens (including phenoxy) is 2. The van der Waals surface area contributed by atoms with Crippen LogP contribution in [0.25, 0.3) is 0 Å². The van der Waals surface area contributed by atoms with Gasteiger partial charge in [-0.25, -0.2) is 0 Å². The van der Waals surface area contributed by atoms with Crippen molar-refractivity contribution in [3.63, 3.8) is 0 Å². The normalized spacial score (nSPS) is 19.5. The Morgan fingerprint density at radius 2 is 1.59 bits per heavy atom. The lowest BCUT2D eigenvalue weighted by atomic mass is 9.78. The zero-order chi connectivity index (χ0) is 23.7. The van der Waals surface area contributed by atoms with E-state index in [1.807, 2.05) is 68.4 Å². The van der Waals surface area contributed by atoms with Crippen molar-refractivity contribution in [2.45, 2.75) is 44.8 Å². The number of methoxy groups -OCH3 is 1. The fourth-order valence-corrected chi connectivity index (χ4v) is 4.92. The number of carbonyl (C=O) groups is 1. The molecule has 5 heteroatoms. The van der Waals surface area contributed by atoms with E-state index in [9.17, 15) is 4.79 Å². The highest BCUT2D eigenvalue weighted by atomic mass is 16.5. The third-order valence-electron chi connectivity index (χ3n) is 6.49. The van der Waals surface area contributed by atoms with Gasteiger partial charge in [-0.05, 0) is 62.1 Å². The van der Waals surface area contributed by atoms with Crippen molar-refractivity contribution in [1.29, 1.82) is 0 Å². The van der Waals surface area contributed by atoms with Gasteiger partial charge in [-0.2, -0.15) is 0 Å². The zero-order valence-electron chi connectivity index (χ0n) is 19.8. The van der Waals surface area contributed by atoms with Crippen LogP contribution in [0.5, 0.6) is 11.5 Å². The van der Waals surface area contributed by atoms with Crippen LogP contribution in [0, 0.1) is 0 Å². The molecule has 34 heavy (non-hydrogen) atoms. The van der Waals surface area contributed by atoms with Crippen LogP contribution < -0.4 is 20.1 Å². The van der Waals surface area contributed by atoms with Gasteiger partial charge < -0.3 is 20.1 Å². The number of allylic oxidation sites excluding steroid dienone is 1. The van der Waals surface area contributed by atoms with Crippen LogP contribution in [0.2, 0.25) is 0 Å². The highest BCUT2D eigenvalue weighted by Gasteiger charge is 2.37. The van der Waals surface area contributed by atoms with E-state index in [1.54, 1.807) is 7.11 Å². The summed E-state index contributed by atoms with van der Waals surface area (Å²) in [7, 11) is 1.66. The van der Waals surface area contributed by atoms with Crippen LogP contribution in [0.1, 0.15) is 49.8 Å². The molecule has 174 valence electrons. The van der Waals surface area contributed by atoms with Crippen molar-refractivity contribution in [3.05, 3.63) is 95.2 Å². The van der Waals surface area contributed by atoms with Gasteiger partial charge in [-0.3, -0.25) is 4.79 Å². The fraction of sp³-hybridized carbons (Fsp3) is 0.276. The molecule has 2 atom stereocenters. The van der Waals surface area contributed by atoms with Crippen LogP contribution in [0.4, 0.5) is 11.4 Å². The van der Waals surface area contributed by atoms with E-state index in [-0.39, 0.29) is 23.8 Å². The Bertz CT molecular complexity index is 1230. The smallest absolute Gasteiger partial charge is 0.163 e. The van der Waals surface area contributed by atoms with E-state index in [2.05, 4.69) is 28.8 Å². The molecule has 3 aromatic rings. The molecule has 1 aliphatic heterocycles. The largest absolute Gasteiger partial charge is 0.497 e. The summed E-state index contributed by atoms with van der Waals surface area (Å²) in [6.45, 7) is 4.04. The Morgan fingerprint density at radius 1 is 0.882 bits per heavy atom. The number of benzene rings is 3.